The third-order valence-electron chi connectivity index (χ3n) is 2.23. The highest BCUT2D eigenvalue weighted by atomic mass is 127. The van der Waals surface area contributed by atoms with Crippen LogP contribution >= 0.6 is 54.5 Å². The zero-order valence-electron chi connectivity index (χ0n) is 9.27. The van der Waals surface area contributed by atoms with E-state index in [0.717, 1.165) is 12.5 Å². The fourth-order valence-corrected chi connectivity index (χ4v) is 3.15. The van der Waals surface area contributed by atoms with E-state index < -0.39 is 4.92 Å². The van der Waals surface area contributed by atoms with Crippen LogP contribution in [-0.2, 0) is 0 Å². The first-order valence-electron chi connectivity index (χ1n) is 5.04. The summed E-state index contributed by atoms with van der Waals surface area (Å²) < 4.78 is 8.15. The van der Waals surface area contributed by atoms with Crippen molar-refractivity contribution < 1.29 is 9.66 Å². The van der Waals surface area contributed by atoms with Gasteiger partial charge in [0, 0.05) is 21.1 Å². The number of halogens is 3. The summed E-state index contributed by atoms with van der Waals surface area (Å²) in [6.07, 6.45) is 0. The van der Waals surface area contributed by atoms with Gasteiger partial charge in [-0.25, -0.2) is 0 Å². The summed E-state index contributed by atoms with van der Waals surface area (Å²) in [7, 11) is 0. The molecule has 4 nitrogen and oxygen atoms in total. The van der Waals surface area contributed by atoms with Crippen molar-refractivity contribution in [2.24, 2.45) is 0 Å². The molecule has 0 heterocycles. The fraction of sp³-hybridized carbons (Fsp3) is 0. The molecule has 0 radical (unpaired) electrons. The lowest BCUT2D eigenvalue weighted by Gasteiger charge is -2.08. The minimum absolute atomic E-state index is 0.0677. The molecule has 0 bridgehead atoms. The lowest BCUT2D eigenvalue weighted by molar-refractivity contribution is -0.385. The highest BCUT2D eigenvalue weighted by Gasteiger charge is 2.17. The van der Waals surface area contributed by atoms with E-state index in [4.69, 9.17) is 4.74 Å². The average Bonchev–Trinajstić information content (AvgIpc) is 2.32. The summed E-state index contributed by atoms with van der Waals surface area (Å²) in [6.45, 7) is 0. The number of benzene rings is 2. The van der Waals surface area contributed by atoms with E-state index in [2.05, 4.69) is 54.5 Å². The quantitative estimate of drug-likeness (QED) is 0.318. The molecule has 0 aliphatic rings. The van der Waals surface area contributed by atoms with Gasteiger partial charge in [0.1, 0.15) is 5.75 Å². The normalized spacial score (nSPS) is 10.3. The maximum atomic E-state index is 11.0. The summed E-state index contributed by atoms with van der Waals surface area (Å²) in [5.74, 6) is 0.782. The Morgan fingerprint density at radius 2 is 1.68 bits per heavy atom. The molecule has 98 valence electrons. The van der Waals surface area contributed by atoms with Gasteiger partial charge in [0.25, 0.3) is 0 Å². The fourth-order valence-electron chi connectivity index (χ4n) is 1.40. The second-order valence-electron chi connectivity index (χ2n) is 3.55. The van der Waals surface area contributed by atoms with Crippen LogP contribution in [0.2, 0.25) is 0 Å². The van der Waals surface area contributed by atoms with Gasteiger partial charge in [-0.05, 0) is 46.9 Å². The average molecular weight is 499 g/mol. The van der Waals surface area contributed by atoms with Crippen LogP contribution in [0.4, 0.5) is 5.69 Å². The van der Waals surface area contributed by atoms with Crippen LogP contribution in [0.1, 0.15) is 0 Å². The number of nitro benzene ring substituents is 1. The van der Waals surface area contributed by atoms with E-state index in [1.54, 1.807) is 18.2 Å². The molecule has 0 spiro atoms. The predicted molar refractivity (Wildman–Crippen MR) is 87.7 cm³/mol. The van der Waals surface area contributed by atoms with Gasteiger partial charge in [-0.15, -0.1) is 0 Å². The zero-order valence-corrected chi connectivity index (χ0v) is 14.6. The summed E-state index contributed by atoms with van der Waals surface area (Å²) in [5, 5.41) is 11.0. The monoisotopic (exact) mass is 497 g/mol. The molecule has 2 aromatic rings. The molecular weight excluding hydrogens is 493 g/mol. The highest BCUT2D eigenvalue weighted by molar-refractivity contribution is 14.1. The van der Waals surface area contributed by atoms with Gasteiger partial charge in [0.05, 0.1) is 8.49 Å². The van der Waals surface area contributed by atoms with Crippen LogP contribution in [0.5, 0.6) is 11.5 Å². The first-order chi connectivity index (χ1) is 8.97. The Balaban J connectivity index is 2.42. The first kappa shape index (κ1) is 14.7. The Bertz CT molecular complexity index is 649. The van der Waals surface area contributed by atoms with E-state index in [1.165, 1.54) is 6.07 Å². The molecule has 0 aromatic heterocycles. The topological polar surface area (TPSA) is 52.4 Å². The third-order valence-corrected chi connectivity index (χ3v) is 4.06. The first-order valence-corrected chi connectivity index (χ1v) is 7.70. The summed E-state index contributed by atoms with van der Waals surface area (Å²) in [4.78, 5) is 10.5. The van der Waals surface area contributed by atoms with Gasteiger partial charge in [0.2, 0.25) is 5.75 Å². The second kappa shape index (κ2) is 6.19. The van der Waals surface area contributed by atoms with Crippen LogP contribution in [0.25, 0.3) is 0 Å². The van der Waals surface area contributed by atoms with Crippen molar-refractivity contribution in [1.82, 2.24) is 0 Å². The van der Waals surface area contributed by atoms with Crippen LogP contribution in [0, 0.1) is 13.7 Å². The molecule has 2 rings (SSSR count). The number of hydrogen-bond donors (Lipinski definition) is 0. The van der Waals surface area contributed by atoms with E-state index in [1.807, 2.05) is 12.1 Å². The minimum atomic E-state index is -0.465. The van der Waals surface area contributed by atoms with Crippen molar-refractivity contribution in [3.63, 3.8) is 0 Å². The van der Waals surface area contributed by atoms with Gasteiger partial charge in [-0.2, -0.15) is 0 Å². The molecule has 0 saturated carbocycles. The van der Waals surface area contributed by atoms with E-state index >= 15 is 0 Å². The van der Waals surface area contributed by atoms with Gasteiger partial charge >= 0.3 is 5.69 Å². The van der Waals surface area contributed by atoms with Crippen LogP contribution < -0.4 is 4.74 Å². The Labute approximate surface area is 139 Å². The Morgan fingerprint density at radius 1 is 1.05 bits per heavy atom. The molecule has 0 saturated heterocycles. The van der Waals surface area contributed by atoms with Crippen LogP contribution in [-0.4, -0.2) is 4.92 Å². The maximum Gasteiger partial charge on any atom is 0.311 e. The van der Waals surface area contributed by atoms with Crippen molar-refractivity contribution >= 4 is 60.1 Å². The molecule has 0 atom stereocenters. The summed E-state index contributed by atoms with van der Waals surface area (Å²) >= 11 is 8.75. The SMILES string of the molecule is O=[N+]([O-])c1ccc(Br)cc1Oc1ccc(Br)cc1I. The van der Waals surface area contributed by atoms with Crippen molar-refractivity contribution in [3.05, 3.63) is 59.0 Å². The molecule has 19 heavy (non-hydrogen) atoms. The van der Waals surface area contributed by atoms with E-state index in [0.29, 0.717) is 5.75 Å². The van der Waals surface area contributed by atoms with Crippen molar-refractivity contribution in [2.75, 3.05) is 0 Å². The number of nitrogens with zero attached hydrogens (tertiary/aromatic N) is 1. The number of hydrogen-bond acceptors (Lipinski definition) is 3. The molecule has 2 aromatic carbocycles. The standard InChI is InChI=1S/C12H6Br2INO3/c13-7-2-4-11(9(15)5-7)19-12-6-8(14)1-3-10(12)16(17)18/h1-6H. The van der Waals surface area contributed by atoms with Crippen LogP contribution in [0.15, 0.2) is 45.3 Å². The number of rotatable bonds is 3. The van der Waals surface area contributed by atoms with Gasteiger partial charge in [-0.1, -0.05) is 31.9 Å². The molecule has 0 amide bonds. The summed E-state index contributed by atoms with van der Waals surface area (Å²) in [6, 6.07) is 10.1. The molecular formula is C12H6Br2INO3. The molecule has 0 unspecified atom stereocenters. The smallest absolute Gasteiger partial charge is 0.311 e. The van der Waals surface area contributed by atoms with Gasteiger partial charge < -0.3 is 4.74 Å². The van der Waals surface area contributed by atoms with Crippen molar-refractivity contribution in [1.29, 1.82) is 0 Å². The minimum Gasteiger partial charge on any atom is -0.449 e. The Morgan fingerprint density at radius 3 is 2.32 bits per heavy atom. The number of nitro groups is 1. The third kappa shape index (κ3) is 3.67. The summed E-state index contributed by atoms with van der Waals surface area (Å²) in [5.41, 5.74) is -0.0677. The second-order valence-corrected chi connectivity index (χ2v) is 6.54. The van der Waals surface area contributed by atoms with Crippen molar-refractivity contribution in [2.45, 2.75) is 0 Å². The maximum absolute atomic E-state index is 11.0. The largest absolute Gasteiger partial charge is 0.449 e. The molecule has 0 fully saturated rings. The molecule has 7 heteroatoms. The van der Waals surface area contributed by atoms with Gasteiger partial charge in [0.15, 0.2) is 0 Å². The molecule has 0 aliphatic heterocycles. The lowest BCUT2D eigenvalue weighted by atomic mass is 10.3. The van der Waals surface area contributed by atoms with E-state index in [9.17, 15) is 10.1 Å². The van der Waals surface area contributed by atoms with Gasteiger partial charge in [-0.3, -0.25) is 10.1 Å². The highest BCUT2D eigenvalue weighted by Crippen LogP contribution is 2.36. The van der Waals surface area contributed by atoms with Crippen molar-refractivity contribution in [3.8, 4) is 11.5 Å². The Kier molecular flexibility index (Phi) is 4.80. The number of ether oxygens (including phenoxy) is 1. The molecule has 0 N–H and O–H groups in total. The Hall–Kier alpha value is -0.670. The lowest BCUT2D eigenvalue weighted by Crippen LogP contribution is -1.94. The zero-order chi connectivity index (χ0) is 14.0. The molecule has 0 aliphatic carbocycles. The van der Waals surface area contributed by atoms with Crippen LogP contribution in [0.3, 0.4) is 0 Å². The van der Waals surface area contributed by atoms with E-state index in [-0.39, 0.29) is 11.4 Å². The predicted octanol–water partition coefficient (Wildman–Crippen LogP) is 5.52.